The van der Waals surface area contributed by atoms with Gasteiger partial charge in [-0.3, -0.25) is 14.6 Å². The first kappa shape index (κ1) is 19.2. The smallest absolute Gasteiger partial charge is 0.258 e. The maximum atomic E-state index is 12.4. The van der Waals surface area contributed by atoms with E-state index in [-0.39, 0.29) is 11.7 Å². The summed E-state index contributed by atoms with van der Waals surface area (Å²) in [6.07, 6.45) is 7.37. The summed E-state index contributed by atoms with van der Waals surface area (Å²) < 4.78 is 0. The van der Waals surface area contributed by atoms with Gasteiger partial charge in [0.1, 0.15) is 0 Å². The Labute approximate surface area is 163 Å². The van der Waals surface area contributed by atoms with Crippen molar-refractivity contribution in [3.05, 3.63) is 77.9 Å². The van der Waals surface area contributed by atoms with Crippen LogP contribution in [0.15, 0.2) is 61.2 Å². The lowest BCUT2D eigenvalue weighted by Crippen LogP contribution is -2.23. The van der Waals surface area contributed by atoms with Crippen LogP contribution in [-0.2, 0) is 6.42 Å². The van der Waals surface area contributed by atoms with Crippen LogP contribution in [0.2, 0.25) is 0 Å². The molecule has 0 fully saturated rings. The zero-order chi connectivity index (χ0) is 19.9. The molecule has 0 aliphatic rings. The number of aromatic nitrogens is 3. The van der Waals surface area contributed by atoms with Gasteiger partial charge < -0.3 is 10.2 Å². The maximum absolute atomic E-state index is 12.4. The van der Waals surface area contributed by atoms with E-state index in [1.54, 1.807) is 36.7 Å². The van der Waals surface area contributed by atoms with Gasteiger partial charge in [0.2, 0.25) is 5.95 Å². The Balaban J connectivity index is 1.60. The number of anilines is 2. The van der Waals surface area contributed by atoms with E-state index in [0.29, 0.717) is 22.8 Å². The highest BCUT2D eigenvalue weighted by molar-refractivity contribution is 6.04. The zero-order valence-corrected chi connectivity index (χ0v) is 15.8. The van der Waals surface area contributed by atoms with Crippen LogP contribution < -0.4 is 10.2 Å². The summed E-state index contributed by atoms with van der Waals surface area (Å²) in [7, 11) is 1.91. The van der Waals surface area contributed by atoms with Gasteiger partial charge in [0.05, 0.1) is 5.56 Å². The predicted molar refractivity (Wildman–Crippen MR) is 108 cm³/mol. The number of nitrogens with zero attached hydrogens (tertiary/aromatic N) is 4. The number of amides is 1. The second kappa shape index (κ2) is 8.85. The largest absolute Gasteiger partial charge is 0.344 e. The second-order valence-electron chi connectivity index (χ2n) is 6.39. The van der Waals surface area contributed by atoms with Gasteiger partial charge in [0, 0.05) is 49.6 Å². The zero-order valence-electron chi connectivity index (χ0n) is 15.8. The van der Waals surface area contributed by atoms with Gasteiger partial charge in [-0.1, -0.05) is 12.1 Å². The summed E-state index contributed by atoms with van der Waals surface area (Å²) in [5, 5.41) is 2.76. The molecule has 28 heavy (non-hydrogen) atoms. The average molecular weight is 375 g/mol. The lowest BCUT2D eigenvalue weighted by atomic mass is 10.1. The Morgan fingerprint density at radius 3 is 2.43 bits per heavy atom. The fourth-order valence-electron chi connectivity index (χ4n) is 2.60. The van der Waals surface area contributed by atoms with Gasteiger partial charge in [-0.15, -0.1) is 0 Å². The second-order valence-corrected chi connectivity index (χ2v) is 6.39. The first-order valence-corrected chi connectivity index (χ1v) is 8.87. The first-order valence-electron chi connectivity index (χ1n) is 8.87. The number of hydrogen-bond donors (Lipinski definition) is 1. The Kier molecular flexibility index (Phi) is 6.06. The number of carbonyl (C=O) groups is 2. The van der Waals surface area contributed by atoms with E-state index in [2.05, 4.69) is 20.3 Å². The van der Waals surface area contributed by atoms with E-state index in [1.165, 1.54) is 24.9 Å². The Bertz CT molecular complexity index is 958. The van der Waals surface area contributed by atoms with Crippen LogP contribution in [0.5, 0.6) is 0 Å². The number of benzene rings is 1. The van der Waals surface area contributed by atoms with Crippen molar-refractivity contribution in [1.29, 1.82) is 0 Å². The number of likely N-dealkylation sites (N-methyl/N-ethyl adjacent to an activating group) is 1. The quantitative estimate of drug-likeness (QED) is 0.639. The van der Waals surface area contributed by atoms with Gasteiger partial charge in [-0.2, -0.15) is 0 Å². The van der Waals surface area contributed by atoms with E-state index >= 15 is 0 Å². The number of hydrogen-bond acceptors (Lipinski definition) is 6. The number of pyridine rings is 1. The molecule has 3 rings (SSSR count). The monoisotopic (exact) mass is 375 g/mol. The SMILES string of the molecule is CC(=O)c1cccc(NC(=O)c2cnc(N(C)CCc3ccncc3)nc2)c1. The highest BCUT2D eigenvalue weighted by atomic mass is 16.1. The van der Waals surface area contributed by atoms with Crippen LogP contribution in [0.1, 0.15) is 33.2 Å². The summed E-state index contributed by atoms with van der Waals surface area (Å²) >= 11 is 0. The molecule has 3 aromatic rings. The van der Waals surface area contributed by atoms with Crippen molar-refractivity contribution in [3.8, 4) is 0 Å². The highest BCUT2D eigenvalue weighted by Crippen LogP contribution is 2.13. The fraction of sp³-hybridized carbons (Fsp3) is 0.190. The summed E-state index contributed by atoms with van der Waals surface area (Å²) in [6, 6.07) is 10.8. The topological polar surface area (TPSA) is 88.1 Å². The molecular formula is C21H21N5O2. The molecule has 2 aromatic heterocycles. The fourth-order valence-corrected chi connectivity index (χ4v) is 2.60. The van der Waals surface area contributed by atoms with Crippen molar-refractivity contribution >= 4 is 23.3 Å². The lowest BCUT2D eigenvalue weighted by Gasteiger charge is -2.16. The molecule has 1 aromatic carbocycles. The average Bonchev–Trinajstić information content (AvgIpc) is 2.73. The highest BCUT2D eigenvalue weighted by Gasteiger charge is 2.11. The molecule has 0 saturated heterocycles. The molecular weight excluding hydrogens is 354 g/mol. The van der Waals surface area contributed by atoms with Crippen LogP contribution in [0.3, 0.4) is 0 Å². The third-order valence-corrected chi connectivity index (χ3v) is 4.25. The van der Waals surface area contributed by atoms with Crippen molar-refractivity contribution in [2.24, 2.45) is 0 Å². The molecule has 1 amide bonds. The number of nitrogens with one attached hydrogen (secondary N) is 1. The van der Waals surface area contributed by atoms with Crippen molar-refractivity contribution in [1.82, 2.24) is 15.0 Å². The van der Waals surface area contributed by atoms with Crippen LogP contribution in [0, 0.1) is 0 Å². The number of ketones is 1. The predicted octanol–water partition coefficient (Wildman–Crippen LogP) is 3.01. The molecule has 0 radical (unpaired) electrons. The molecule has 7 nitrogen and oxygen atoms in total. The van der Waals surface area contributed by atoms with E-state index in [9.17, 15) is 9.59 Å². The van der Waals surface area contributed by atoms with Crippen LogP contribution in [0.4, 0.5) is 11.6 Å². The lowest BCUT2D eigenvalue weighted by molar-refractivity contribution is 0.101. The Hall–Kier alpha value is -3.61. The Morgan fingerprint density at radius 2 is 1.75 bits per heavy atom. The van der Waals surface area contributed by atoms with Crippen molar-refractivity contribution < 1.29 is 9.59 Å². The third-order valence-electron chi connectivity index (χ3n) is 4.25. The van der Waals surface area contributed by atoms with E-state index in [1.807, 2.05) is 24.1 Å². The minimum Gasteiger partial charge on any atom is -0.344 e. The molecule has 142 valence electrons. The van der Waals surface area contributed by atoms with E-state index < -0.39 is 0 Å². The van der Waals surface area contributed by atoms with Crippen LogP contribution in [-0.4, -0.2) is 40.2 Å². The minimum absolute atomic E-state index is 0.0569. The van der Waals surface area contributed by atoms with Crippen molar-refractivity contribution in [2.75, 3.05) is 23.8 Å². The van der Waals surface area contributed by atoms with Gasteiger partial charge >= 0.3 is 0 Å². The summed E-state index contributed by atoms with van der Waals surface area (Å²) in [5.74, 6) is 0.162. The molecule has 0 bridgehead atoms. The minimum atomic E-state index is -0.327. The van der Waals surface area contributed by atoms with Gasteiger partial charge in [-0.25, -0.2) is 9.97 Å². The molecule has 0 atom stereocenters. The third kappa shape index (κ3) is 4.97. The molecule has 7 heteroatoms. The molecule has 2 heterocycles. The summed E-state index contributed by atoms with van der Waals surface area (Å²) in [6.45, 7) is 2.23. The van der Waals surface area contributed by atoms with Gasteiger partial charge in [0.15, 0.2) is 5.78 Å². The molecule has 1 N–H and O–H groups in total. The molecule has 0 saturated carbocycles. The van der Waals surface area contributed by atoms with Gasteiger partial charge in [-0.05, 0) is 43.2 Å². The van der Waals surface area contributed by atoms with E-state index in [0.717, 1.165) is 13.0 Å². The number of Topliss-reactive ketones (excluding diaryl/α,β-unsaturated/α-hetero) is 1. The molecule has 0 spiro atoms. The van der Waals surface area contributed by atoms with Crippen molar-refractivity contribution in [3.63, 3.8) is 0 Å². The summed E-state index contributed by atoms with van der Waals surface area (Å²) in [4.78, 5) is 38.4. The molecule has 0 aliphatic heterocycles. The first-order chi connectivity index (χ1) is 13.5. The maximum Gasteiger partial charge on any atom is 0.258 e. The Morgan fingerprint density at radius 1 is 1.04 bits per heavy atom. The van der Waals surface area contributed by atoms with E-state index in [4.69, 9.17) is 0 Å². The number of rotatable bonds is 7. The normalized spacial score (nSPS) is 10.4. The van der Waals surface area contributed by atoms with Gasteiger partial charge in [0.25, 0.3) is 5.91 Å². The van der Waals surface area contributed by atoms with Crippen molar-refractivity contribution in [2.45, 2.75) is 13.3 Å². The van der Waals surface area contributed by atoms with Crippen LogP contribution in [0.25, 0.3) is 0 Å². The standard InChI is InChI=1S/C21H21N5O2/c1-15(27)17-4-3-5-19(12-17)25-20(28)18-13-23-21(24-14-18)26(2)11-8-16-6-9-22-10-7-16/h3-7,9-10,12-14H,8,11H2,1-2H3,(H,25,28). The summed E-state index contributed by atoms with van der Waals surface area (Å²) in [5.41, 5.74) is 2.63. The molecule has 0 aliphatic carbocycles. The molecule has 0 unspecified atom stereocenters. The van der Waals surface area contributed by atoms with Crippen LogP contribution >= 0.6 is 0 Å². The number of carbonyl (C=O) groups excluding carboxylic acids is 2.